The van der Waals surface area contributed by atoms with Gasteiger partial charge in [0.2, 0.25) is 5.91 Å². The molecule has 1 unspecified atom stereocenters. The van der Waals surface area contributed by atoms with Gasteiger partial charge in [-0.05, 0) is 68.4 Å². The van der Waals surface area contributed by atoms with Crippen LogP contribution in [0.15, 0.2) is 54.6 Å². The summed E-state index contributed by atoms with van der Waals surface area (Å²) in [6.45, 7) is 3.32. The van der Waals surface area contributed by atoms with Gasteiger partial charge in [-0.2, -0.15) is 5.10 Å². The minimum Gasteiger partial charge on any atom is -0.348 e. The molecule has 2 amide bonds. The minimum absolute atomic E-state index is 0.0105. The minimum atomic E-state index is -0.297. The van der Waals surface area contributed by atoms with E-state index >= 15 is 0 Å². The van der Waals surface area contributed by atoms with Crippen molar-refractivity contribution in [1.29, 1.82) is 0 Å². The molecule has 0 bridgehead atoms. The highest BCUT2D eigenvalue weighted by Crippen LogP contribution is 2.29. The summed E-state index contributed by atoms with van der Waals surface area (Å²) in [5.74, 6) is -0.418. The molecule has 1 aliphatic heterocycles. The average molecular weight is 475 g/mol. The Hall–Kier alpha value is -3.48. The molecule has 7 heteroatoms. The number of amides is 2. The van der Waals surface area contributed by atoms with E-state index in [1.807, 2.05) is 42.2 Å². The molecule has 1 atom stereocenters. The van der Waals surface area contributed by atoms with Crippen LogP contribution in [0.25, 0.3) is 5.69 Å². The molecule has 1 aliphatic carbocycles. The summed E-state index contributed by atoms with van der Waals surface area (Å²) in [5.41, 5.74) is 4.32. The second-order valence-corrected chi connectivity index (χ2v) is 9.46. The smallest absolute Gasteiger partial charge is 0.272 e. The second-order valence-electron chi connectivity index (χ2n) is 9.46. The quantitative estimate of drug-likeness (QED) is 0.575. The lowest BCUT2D eigenvalue weighted by Crippen LogP contribution is -2.47. The standard InChI is InChI=1S/C28H31FN4O2/c1-2-23(19-7-4-3-5-8-19)28(35)32-17-15-21(16-18-32)30-27(34)26-24-9-6-10-25(24)33(31-26)22-13-11-20(29)12-14-22/h3-5,7-8,11-14,21,23H,2,6,9-10,15-18H2,1H3,(H,30,34). The molecule has 6 nitrogen and oxygen atoms in total. The molecule has 2 aromatic carbocycles. The lowest BCUT2D eigenvalue weighted by Gasteiger charge is -2.34. The average Bonchev–Trinajstić information content (AvgIpc) is 3.49. The number of fused-ring (bicyclic) bond motifs is 1. The molecular formula is C28H31FN4O2. The van der Waals surface area contributed by atoms with E-state index in [2.05, 4.69) is 10.4 Å². The molecule has 1 saturated heterocycles. The van der Waals surface area contributed by atoms with E-state index in [1.165, 1.54) is 12.1 Å². The van der Waals surface area contributed by atoms with Crippen molar-refractivity contribution in [3.8, 4) is 5.69 Å². The number of benzene rings is 2. The topological polar surface area (TPSA) is 67.2 Å². The Labute approximate surface area is 205 Å². The number of hydrogen-bond acceptors (Lipinski definition) is 3. The Kier molecular flexibility index (Phi) is 6.66. The van der Waals surface area contributed by atoms with Gasteiger partial charge < -0.3 is 10.2 Å². The second kappa shape index (κ2) is 10.0. The highest BCUT2D eigenvalue weighted by molar-refractivity contribution is 5.94. The maximum atomic E-state index is 13.4. The van der Waals surface area contributed by atoms with Crippen LogP contribution in [0.5, 0.6) is 0 Å². The maximum absolute atomic E-state index is 13.4. The van der Waals surface area contributed by atoms with Crippen LogP contribution in [-0.4, -0.2) is 45.6 Å². The van der Waals surface area contributed by atoms with Gasteiger partial charge in [-0.3, -0.25) is 9.59 Å². The first-order valence-electron chi connectivity index (χ1n) is 12.6. The largest absolute Gasteiger partial charge is 0.348 e. The van der Waals surface area contributed by atoms with Crippen LogP contribution in [-0.2, 0) is 17.6 Å². The summed E-state index contributed by atoms with van der Waals surface area (Å²) in [4.78, 5) is 28.3. The van der Waals surface area contributed by atoms with Gasteiger partial charge in [-0.1, -0.05) is 37.3 Å². The lowest BCUT2D eigenvalue weighted by molar-refractivity contribution is -0.134. The molecule has 1 fully saturated rings. The van der Waals surface area contributed by atoms with Crippen molar-refractivity contribution in [2.75, 3.05) is 13.1 Å². The van der Waals surface area contributed by atoms with Crippen LogP contribution in [0.1, 0.15) is 65.8 Å². The van der Waals surface area contributed by atoms with Crippen molar-refractivity contribution in [3.63, 3.8) is 0 Å². The molecule has 1 aromatic heterocycles. The van der Waals surface area contributed by atoms with Gasteiger partial charge >= 0.3 is 0 Å². The summed E-state index contributed by atoms with van der Waals surface area (Å²) < 4.78 is 15.2. The molecular weight excluding hydrogens is 443 g/mol. The van der Waals surface area contributed by atoms with E-state index in [1.54, 1.807) is 16.8 Å². The number of carbonyl (C=O) groups excluding carboxylic acids is 2. The Morgan fingerprint density at radius 1 is 1.06 bits per heavy atom. The maximum Gasteiger partial charge on any atom is 0.272 e. The van der Waals surface area contributed by atoms with Gasteiger partial charge in [-0.15, -0.1) is 0 Å². The Morgan fingerprint density at radius 2 is 1.77 bits per heavy atom. The zero-order valence-electron chi connectivity index (χ0n) is 20.0. The SMILES string of the molecule is CCC(C(=O)N1CCC(NC(=O)c2nn(-c3ccc(F)cc3)c3c2CCC3)CC1)c1ccccc1. The number of halogens is 1. The van der Waals surface area contributed by atoms with Gasteiger partial charge in [0.05, 0.1) is 11.6 Å². The summed E-state index contributed by atoms with van der Waals surface area (Å²) >= 11 is 0. The molecule has 0 saturated carbocycles. The summed E-state index contributed by atoms with van der Waals surface area (Å²) in [7, 11) is 0. The van der Waals surface area contributed by atoms with Crippen LogP contribution in [0, 0.1) is 5.82 Å². The zero-order chi connectivity index (χ0) is 24.4. The number of nitrogens with one attached hydrogen (secondary N) is 1. The van der Waals surface area contributed by atoms with Crippen LogP contribution in [0.4, 0.5) is 4.39 Å². The van der Waals surface area contributed by atoms with Crippen molar-refractivity contribution in [2.45, 2.75) is 57.4 Å². The summed E-state index contributed by atoms with van der Waals surface area (Å²) in [6.07, 6.45) is 4.88. The molecule has 3 aromatic rings. The fourth-order valence-electron chi connectivity index (χ4n) is 5.37. The first-order chi connectivity index (χ1) is 17.0. The highest BCUT2D eigenvalue weighted by atomic mass is 19.1. The van der Waals surface area contributed by atoms with Crippen LogP contribution >= 0.6 is 0 Å². The van der Waals surface area contributed by atoms with Crippen molar-refractivity contribution in [1.82, 2.24) is 20.0 Å². The van der Waals surface area contributed by atoms with Crippen molar-refractivity contribution in [3.05, 3.63) is 82.9 Å². The van der Waals surface area contributed by atoms with Crippen molar-refractivity contribution >= 4 is 11.8 Å². The first-order valence-corrected chi connectivity index (χ1v) is 12.6. The van der Waals surface area contributed by atoms with Crippen LogP contribution in [0.2, 0.25) is 0 Å². The molecule has 5 rings (SSSR count). The molecule has 182 valence electrons. The third-order valence-corrected chi connectivity index (χ3v) is 7.27. The summed E-state index contributed by atoms with van der Waals surface area (Å²) in [5, 5.41) is 7.79. The van der Waals surface area contributed by atoms with Crippen molar-refractivity contribution in [2.24, 2.45) is 0 Å². The van der Waals surface area contributed by atoms with E-state index in [-0.39, 0.29) is 29.6 Å². The number of likely N-dealkylation sites (tertiary alicyclic amines) is 1. The van der Waals surface area contributed by atoms with E-state index in [4.69, 9.17) is 0 Å². The van der Waals surface area contributed by atoms with Crippen molar-refractivity contribution < 1.29 is 14.0 Å². The molecule has 35 heavy (non-hydrogen) atoms. The number of piperidine rings is 1. The molecule has 2 heterocycles. The third-order valence-electron chi connectivity index (χ3n) is 7.27. The van der Waals surface area contributed by atoms with E-state index in [0.717, 1.165) is 61.0 Å². The van der Waals surface area contributed by atoms with E-state index < -0.39 is 0 Å². The Bertz CT molecular complexity index is 1200. The normalized spacial score (nSPS) is 16.7. The summed E-state index contributed by atoms with van der Waals surface area (Å²) in [6, 6.07) is 16.2. The van der Waals surface area contributed by atoms with Gasteiger partial charge in [0.15, 0.2) is 5.69 Å². The number of hydrogen-bond donors (Lipinski definition) is 1. The predicted molar refractivity (Wildman–Crippen MR) is 132 cm³/mol. The number of nitrogens with zero attached hydrogens (tertiary/aromatic N) is 3. The number of carbonyl (C=O) groups is 2. The van der Waals surface area contributed by atoms with E-state index in [0.29, 0.717) is 18.8 Å². The molecule has 0 spiro atoms. The van der Waals surface area contributed by atoms with Gasteiger partial charge in [-0.25, -0.2) is 9.07 Å². The molecule has 0 radical (unpaired) electrons. The monoisotopic (exact) mass is 474 g/mol. The fourth-order valence-corrected chi connectivity index (χ4v) is 5.37. The lowest BCUT2D eigenvalue weighted by atomic mass is 9.93. The van der Waals surface area contributed by atoms with Gasteiger partial charge in [0, 0.05) is 30.4 Å². The Balaban J connectivity index is 1.23. The number of rotatable bonds is 6. The fraction of sp³-hybridized carbons (Fsp3) is 0.393. The Morgan fingerprint density at radius 3 is 2.46 bits per heavy atom. The van der Waals surface area contributed by atoms with Gasteiger partial charge in [0.1, 0.15) is 5.82 Å². The van der Waals surface area contributed by atoms with Crippen LogP contribution < -0.4 is 5.32 Å². The number of aromatic nitrogens is 2. The van der Waals surface area contributed by atoms with Gasteiger partial charge in [0.25, 0.3) is 5.91 Å². The molecule has 2 aliphatic rings. The highest BCUT2D eigenvalue weighted by Gasteiger charge is 2.31. The molecule has 1 N–H and O–H groups in total. The predicted octanol–water partition coefficient (Wildman–Crippen LogP) is 4.41. The zero-order valence-corrected chi connectivity index (χ0v) is 20.0. The van der Waals surface area contributed by atoms with E-state index in [9.17, 15) is 14.0 Å². The first kappa shape index (κ1) is 23.3. The van der Waals surface area contributed by atoms with Crippen LogP contribution in [0.3, 0.4) is 0 Å². The third kappa shape index (κ3) is 4.72.